The molecule has 3 rings (SSSR count). The van der Waals surface area contributed by atoms with Crippen LogP contribution in [0.2, 0.25) is 0 Å². The highest BCUT2D eigenvalue weighted by atomic mass is 32.2. The van der Waals surface area contributed by atoms with E-state index in [1.54, 1.807) is 11.3 Å². The number of hydrogen-bond acceptors (Lipinski definition) is 5. The van der Waals surface area contributed by atoms with Gasteiger partial charge in [-0.1, -0.05) is 30.3 Å². The van der Waals surface area contributed by atoms with Crippen LogP contribution in [0.4, 0.5) is 0 Å². The minimum Gasteiger partial charge on any atom is -0.297 e. The third kappa shape index (κ3) is 3.51. The third-order valence-corrected chi connectivity index (χ3v) is 6.51. The summed E-state index contributed by atoms with van der Waals surface area (Å²) in [6, 6.07) is 10.2. The van der Waals surface area contributed by atoms with E-state index in [4.69, 9.17) is 0 Å². The summed E-state index contributed by atoms with van der Waals surface area (Å²) in [5, 5.41) is 3.07. The fourth-order valence-electron chi connectivity index (χ4n) is 2.60. The largest absolute Gasteiger partial charge is 0.297 e. The molecule has 0 radical (unpaired) electrons. The normalized spacial score (nSPS) is 21.0. The maximum Gasteiger partial charge on any atom is 0.151 e. The molecule has 0 unspecified atom stereocenters. The van der Waals surface area contributed by atoms with Crippen molar-refractivity contribution in [2.75, 3.05) is 18.6 Å². The van der Waals surface area contributed by atoms with Crippen LogP contribution in [0.5, 0.6) is 0 Å². The van der Waals surface area contributed by atoms with E-state index in [2.05, 4.69) is 27.4 Å². The van der Waals surface area contributed by atoms with E-state index in [9.17, 15) is 8.42 Å². The van der Waals surface area contributed by atoms with Crippen LogP contribution in [-0.2, 0) is 16.4 Å². The minimum atomic E-state index is -2.83. The molecule has 112 valence electrons. The van der Waals surface area contributed by atoms with Crippen molar-refractivity contribution in [3.05, 3.63) is 41.4 Å². The zero-order valence-electron chi connectivity index (χ0n) is 11.9. The molecule has 1 atom stereocenters. The second-order valence-electron chi connectivity index (χ2n) is 5.48. The van der Waals surface area contributed by atoms with Crippen LogP contribution in [-0.4, -0.2) is 42.9 Å². The van der Waals surface area contributed by atoms with Gasteiger partial charge >= 0.3 is 0 Å². The fourth-order valence-corrected chi connectivity index (χ4v) is 5.22. The average Bonchev–Trinajstić information content (AvgIpc) is 3.06. The van der Waals surface area contributed by atoms with Gasteiger partial charge in [0.2, 0.25) is 0 Å². The van der Waals surface area contributed by atoms with Gasteiger partial charge in [-0.15, -0.1) is 11.3 Å². The summed E-state index contributed by atoms with van der Waals surface area (Å²) in [5.41, 5.74) is 2.13. The van der Waals surface area contributed by atoms with Gasteiger partial charge in [0, 0.05) is 23.5 Å². The Morgan fingerprint density at radius 1 is 1.33 bits per heavy atom. The van der Waals surface area contributed by atoms with Gasteiger partial charge in [0.15, 0.2) is 9.84 Å². The van der Waals surface area contributed by atoms with Gasteiger partial charge in [0.25, 0.3) is 0 Å². The Bertz CT molecular complexity index is 710. The van der Waals surface area contributed by atoms with E-state index in [1.165, 1.54) is 0 Å². The summed E-state index contributed by atoms with van der Waals surface area (Å²) in [6.07, 6.45) is 0.731. The molecule has 0 spiro atoms. The van der Waals surface area contributed by atoms with Gasteiger partial charge in [-0.2, -0.15) is 0 Å². The van der Waals surface area contributed by atoms with Crippen LogP contribution in [0.25, 0.3) is 10.6 Å². The van der Waals surface area contributed by atoms with Crippen molar-refractivity contribution in [3.63, 3.8) is 0 Å². The highest BCUT2D eigenvalue weighted by Crippen LogP contribution is 2.25. The number of hydrogen-bond donors (Lipinski definition) is 0. The van der Waals surface area contributed by atoms with Crippen molar-refractivity contribution in [1.82, 2.24) is 9.88 Å². The first-order valence-corrected chi connectivity index (χ1v) is 9.64. The van der Waals surface area contributed by atoms with Crippen molar-refractivity contribution in [2.45, 2.75) is 19.0 Å². The lowest BCUT2D eigenvalue weighted by Crippen LogP contribution is -2.32. The van der Waals surface area contributed by atoms with Crippen LogP contribution in [0.3, 0.4) is 0 Å². The molecule has 2 heterocycles. The van der Waals surface area contributed by atoms with Crippen LogP contribution in [0.15, 0.2) is 35.7 Å². The molecule has 1 aromatic heterocycles. The van der Waals surface area contributed by atoms with E-state index in [-0.39, 0.29) is 11.8 Å². The molecular formula is C15H18N2O2S2. The molecule has 0 bridgehead atoms. The number of sulfone groups is 1. The summed E-state index contributed by atoms with van der Waals surface area (Å²) in [6.45, 7) is 0.698. The first-order chi connectivity index (χ1) is 10.0. The second kappa shape index (κ2) is 5.87. The first-order valence-electron chi connectivity index (χ1n) is 6.94. The van der Waals surface area contributed by atoms with Gasteiger partial charge in [-0.3, -0.25) is 4.90 Å². The lowest BCUT2D eigenvalue weighted by Gasteiger charge is -2.21. The quantitative estimate of drug-likeness (QED) is 0.867. The van der Waals surface area contributed by atoms with Crippen molar-refractivity contribution < 1.29 is 8.42 Å². The molecule has 1 fully saturated rings. The van der Waals surface area contributed by atoms with Crippen molar-refractivity contribution in [1.29, 1.82) is 0 Å². The van der Waals surface area contributed by atoms with Crippen LogP contribution < -0.4 is 0 Å². The Labute approximate surface area is 129 Å². The second-order valence-corrected chi connectivity index (χ2v) is 8.57. The molecule has 1 aromatic carbocycles. The molecule has 1 aliphatic rings. The molecule has 1 saturated heterocycles. The molecule has 0 N–H and O–H groups in total. The van der Waals surface area contributed by atoms with Crippen LogP contribution in [0.1, 0.15) is 12.1 Å². The molecule has 2 aromatic rings. The van der Waals surface area contributed by atoms with Crippen LogP contribution >= 0.6 is 11.3 Å². The maximum absolute atomic E-state index is 11.5. The van der Waals surface area contributed by atoms with Crippen molar-refractivity contribution >= 4 is 21.2 Å². The van der Waals surface area contributed by atoms with Gasteiger partial charge in [-0.25, -0.2) is 13.4 Å². The van der Waals surface area contributed by atoms with Crippen molar-refractivity contribution in [3.8, 4) is 10.6 Å². The zero-order valence-corrected chi connectivity index (χ0v) is 13.5. The zero-order chi connectivity index (χ0) is 14.9. The summed E-state index contributed by atoms with van der Waals surface area (Å²) < 4.78 is 23.1. The molecule has 1 aliphatic heterocycles. The Morgan fingerprint density at radius 3 is 2.76 bits per heavy atom. The summed E-state index contributed by atoms with van der Waals surface area (Å²) in [4.78, 5) is 6.76. The Kier molecular flexibility index (Phi) is 4.10. The Morgan fingerprint density at radius 2 is 2.10 bits per heavy atom. The summed E-state index contributed by atoms with van der Waals surface area (Å²) >= 11 is 1.63. The van der Waals surface area contributed by atoms with E-state index >= 15 is 0 Å². The van der Waals surface area contributed by atoms with Gasteiger partial charge in [0.1, 0.15) is 5.01 Å². The fraction of sp³-hybridized carbons (Fsp3) is 0.400. The summed E-state index contributed by atoms with van der Waals surface area (Å²) in [5.74, 6) is 0.591. The topological polar surface area (TPSA) is 50.3 Å². The highest BCUT2D eigenvalue weighted by molar-refractivity contribution is 7.91. The monoisotopic (exact) mass is 322 g/mol. The Hall–Kier alpha value is -1.24. The predicted molar refractivity (Wildman–Crippen MR) is 86.1 cm³/mol. The standard InChI is InChI=1S/C15H18N2O2S2/c1-17(14-7-8-21(18,19)11-14)9-13-10-20-15(16-13)12-5-3-2-4-6-12/h2-6,10,14H,7-9,11H2,1H3/t14-/m1/s1. The van der Waals surface area contributed by atoms with Gasteiger partial charge in [-0.05, 0) is 13.5 Å². The SMILES string of the molecule is CN(Cc1csc(-c2ccccc2)n1)[C@@H]1CCS(=O)(=O)C1. The molecule has 21 heavy (non-hydrogen) atoms. The summed E-state index contributed by atoms with van der Waals surface area (Å²) in [7, 11) is -0.851. The van der Waals surface area contributed by atoms with Gasteiger partial charge in [0.05, 0.1) is 17.2 Å². The smallest absolute Gasteiger partial charge is 0.151 e. The maximum atomic E-state index is 11.5. The van der Waals surface area contributed by atoms with Gasteiger partial charge < -0.3 is 0 Å². The average molecular weight is 322 g/mol. The number of thiazole rings is 1. The molecule has 0 amide bonds. The molecule has 0 saturated carbocycles. The lowest BCUT2D eigenvalue weighted by molar-refractivity contribution is 0.251. The third-order valence-electron chi connectivity index (χ3n) is 3.82. The number of aromatic nitrogens is 1. The molecule has 6 heteroatoms. The number of rotatable bonds is 4. The van der Waals surface area contributed by atoms with E-state index < -0.39 is 9.84 Å². The van der Waals surface area contributed by atoms with E-state index in [1.807, 2.05) is 25.2 Å². The number of benzene rings is 1. The minimum absolute atomic E-state index is 0.122. The molecular weight excluding hydrogens is 304 g/mol. The molecule has 4 nitrogen and oxygen atoms in total. The lowest BCUT2D eigenvalue weighted by atomic mass is 10.2. The highest BCUT2D eigenvalue weighted by Gasteiger charge is 2.30. The van der Waals surface area contributed by atoms with Crippen molar-refractivity contribution in [2.24, 2.45) is 0 Å². The predicted octanol–water partition coefficient (Wildman–Crippen LogP) is 2.43. The van der Waals surface area contributed by atoms with Crippen LogP contribution in [0, 0.1) is 0 Å². The Balaban J connectivity index is 1.68. The first kappa shape index (κ1) is 14.7. The van der Waals surface area contributed by atoms with E-state index in [0.717, 1.165) is 22.7 Å². The van der Waals surface area contributed by atoms with E-state index in [0.29, 0.717) is 12.3 Å². The molecule has 0 aliphatic carbocycles. The number of nitrogens with zero attached hydrogens (tertiary/aromatic N) is 2.